The smallest absolute Gasteiger partial charge is 0.337 e. The molecule has 2 fully saturated rings. The van der Waals surface area contributed by atoms with Crippen LogP contribution in [0, 0.1) is 0 Å². The second-order valence-electron chi connectivity index (χ2n) is 7.33. The summed E-state index contributed by atoms with van der Waals surface area (Å²) < 4.78 is 31.0. The van der Waals surface area contributed by atoms with Crippen LogP contribution in [0.2, 0.25) is 0 Å². The summed E-state index contributed by atoms with van der Waals surface area (Å²) in [4.78, 5) is 2.01. The molecular formula is C19H25N3O3S. The Kier molecular flexibility index (Phi) is 4.98. The first-order valence-corrected chi connectivity index (χ1v) is 11.1. The summed E-state index contributed by atoms with van der Waals surface area (Å²) in [7, 11) is -3.50. The topological polar surface area (TPSA) is 76.3 Å². The van der Waals surface area contributed by atoms with Crippen LogP contribution in [0.4, 0.5) is 6.01 Å². The molecule has 1 aromatic heterocycles. The predicted molar refractivity (Wildman–Crippen MR) is 99.0 cm³/mol. The zero-order valence-corrected chi connectivity index (χ0v) is 15.7. The quantitative estimate of drug-likeness (QED) is 0.813. The summed E-state index contributed by atoms with van der Waals surface area (Å²) in [6, 6.07) is 10.9. The molecule has 1 aliphatic carbocycles. The highest BCUT2D eigenvalue weighted by Crippen LogP contribution is 2.32. The van der Waals surface area contributed by atoms with Crippen LogP contribution >= 0.6 is 0 Å². The van der Waals surface area contributed by atoms with Gasteiger partial charge >= 0.3 is 11.2 Å². The predicted octanol–water partition coefficient (Wildman–Crippen LogP) is 3.56. The summed E-state index contributed by atoms with van der Waals surface area (Å²) >= 11 is 0. The van der Waals surface area contributed by atoms with Gasteiger partial charge < -0.3 is 9.32 Å². The molecule has 0 atom stereocenters. The van der Waals surface area contributed by atoms with E-state index in [2.05, 4.69) is 34.5 Å². The summed E-state index contributed by atoms with van der Waals surface area (Å²) in [6.45, 7) is 1.59. The number of hydrogen-bond donors (Lipinski definition) is 0. The lowest BCUT2D eigenvalue weighted by Crippen LogP contribution is -2.33. The van der Waals surface area contributed by atoms with Gasteiger partial charge in [0.05, 0.1) is 5.25 Å². The number of anilines is 1. The van der Waals surface area contributed by atoms with Gasteiger partial charge in [0.1, 0.15) is 0 Å². The van der Waals surface area contributed by atoms with E-state index in [4.69, 9.17) is 4.42 Å². The summed E-state index contributed by atoms with van der Waals surface area (Å²) in [5, 5.41) is 7.33. The third kappa shape index (κ3) is 3.49. The maximum Gasteiger partial charge on any atom is 0.337 e. The summed E-state index contributed by atoms with van der Waals surface area (Å²) in [6.07, 6.45) is 6.41. The number of hydrogen-bond acceptors (Lipinski definition) is 6. The van der Waals surface area contributed by atoms with Gasteiger partial charge in [-0.05, 0) is 37.2 Å². The maximum atomic E-state index is 12.7. The molecule has 0 N–H and O–H groups in total. The van der Waals surface area contributed by atoms with Crippen LogP contribution in [-0.4, -0.2) is 37.0 Å². The molecule has 0 radical (unpaired) electrons. The minimum Gasteiger partial charge on any atom is -0.394 e. The van der Waals surface area contributed by atoms with Crippen molar-refractivity contribution in [3.05, 3.63) is 35.9 Å². The van der Waals surface area contributed by atoms with Crippen molar-refractivity contribution in [3.63, 3.8) is 0 Å². The fraction of sp³-hybridized carbons (Fsp3) is 0.579. The van der Waals surface area contributed by atoms with Crippen LogP contribution in [-0.2, 0) is 9.84 Å². The normalized spacial score (nSPS) is 20.4. The van der Waals surface area contributed by atoms with Crippen molar-refractivity contribution in [2.75, 3.05) is 18.0 Å². The van der Waals surface area contributed by atoms with Crippen molar-refractivity contribution in [2.24, 2.45) is 0 Å². The van der Waals surface area contributed by atoms with Crippen molar-refractivity contribution < 1.29 is 12.8 Å². The Morgan fingerprint density at radius 1 is 0.923 bits per heavy atom. The van der Waals surface area contributed by atoms with Crippen molar-refractivity contribution in [3.8, 4) is 0 Å². The van der Waals surface area contributed by atoms with E-state index in [-0.39, 0.29) is 10.5 Å². The zero-order chi connectivity index (χ0) is 18.0. The SMILES string of the molecule is O=S(=O)(c1nnc(N2CCC(c3ccccc3)CC2)o1)C1CCCCC1. The first kappa shape index (κ1) is 17.5. The lowest BCUT2D eigenvalue weighted by Gasteiger charge is -2.30. The first-order chi connectivity index (χ1) is 12.6. The molecule has 0 spiro atoms. The van der Waals surface area contributed by atoms with E-state index in [1.165, 1.54) is 5.56 Å². The van der Waals surface area contributed by atoms with E-state index in [1.54, 1.807) is 0 Å². The zero-order valence-electron chi connectivity index (χ0n) is 14.9. The van der Waals surface area contributed by atoms with Crippen LogP contribution in [0.15, 0.2) is 40.0 Å². The molecular weight excluding hydrogens is 350 g/mol. The average molecular weight is 375 g/mol. The molecule has 0 unspecified atom stereocenters. The third-order valence-electron chi connectivity index (χ3n) is 5.67. The molecule has 4 rings (SSSR count). The second-order valence-corrected chi connectivity index (χ2v) is 9.43. The number of nitrogens with zero attached hydrogens (tertiary/aromatic N) is 3. The van der Waals surface area contributed by atoms with Crippen LogP contribution in [0.5, 0.6) is 0 Å². The number of aromatic nitrogens is 2. The van der Waals surface area contributed by atoms with E-state index >= 15 is 0 Å². The van der Waals surface area contributed by atoms with Gasteiger partial charge in [-0.15, -0.1) is 0 Å². The highest BCUT2D eigenvalue weighted by Gasteiger charge is 2.34. The first-order valence-electron chi connectivity index (χ1n) is 9.52. The minimum atomic E-state index is -3.50. The molecule has 1 aromatic carbocycles. The van der Waals surface area contributed by atoms with Gasteiger partial charge in [0.15, 0.2) is 0 Å². The van der Waals surface area contributed by atoms with Gasteiger partial charge in [0, 0.05) is 13.1 Å². The van der Waals surface area contributed by atoms with Crippen LogP contribution in [0.25, 0.3) is 0 Å². The van der Waals surface area contributed by atoms with E-state index in [0.29, 0.717) is 24.8 Å². The van der Waals surface area contributed by atoms with Gasteiger partial charge in [0.2, 0.25) is 9.84 Å². The summed E-state index contributed by atoms with van der Waals surface area (Å²) in [5.74, 6) is 0.529. The molecule has 1 saturated carbocycles. The van der Waals surface area contributed by atoms with Gasteiger partial charge in [-0.1, -0.05) is 59.8 Å². The number of benzene rings is 1. The van der Waals surface area contributed by atoms with Gasteiger partial charge in [-0.2, -0.15) is 0 Å². The maximum absolute atomic E-state index is 12.7. The summed E-state index contributed by atoms with van der Waals surface area (Å²) in [5.41, 5.74) is 1.36. The Labute approximate surface area is 154 Å². The average Bonchev–Trinajstić information content (AvgIpc) is 3.21. The Morgan fingerprint density at radius 3 is 2.31 bits per heavy atom. The Balaban J connectivity index is 1.42. The lowest BCUT2D eigenvalue weighted by atomic mass is 9.90. The molecule has 2 aromatic rings. The molecule has 1 aliphatic heterocycles. The Morgan fingerprint density at radius 2 is 1.62 bits per heavy atom. The van der Waals surface area contributed by atoms with E-state index < -0.39 is 9.84 Å². The lowest BCUT2D eigenvalue weighted by molar-refractivity contribution is 0.397. The van der Waals surface area contributed by atoms with E-state index in [9.17, 15) is 8.42 Å². The van der Waals surface area contributed by atoms with E-state index in [1.807, 2.05) is 11.0 Å². The Bertz CT molecular complexity index is 821. The fourth-order valence-corrected chi connectivity index (χ4v) is 5.68. The molecule has 0 bridgehead atoms. The number of sulfone groups is 1. The van der Waals surface area contributed by atoms with Gasteiger partial charge in [0.25, 0.3) is 0 Å². The Hall–Kier alpha value is -1.89. The van der Waals surface area contributed by atoms with Gasteiger partial charge in [-0.25, -0.2) is 8.42 Å². The fourth-order valence-electron chi connectivity index (χ4n) is 4.09. The molecule has 0 amide bonds. The molecule has 2 heterocycles. The highest BCUT2D eigenvalue weighted by molar-refractivity contribution is 7.91. The number of piperidine rings is 1. The molecule has 6 nitrogen and oxygen atoms in total. The highest BCUT2D eigenvalue weighted by atomic mass is 32.2. The molecule has 140 valence electrons. The van der Waals surface area contributed by atoms with E-state index in [0.717, 1.165) is 45.2 Å². The molecule has 1 saturated heterocycles. The van der Waals surface area contributed by atoms with Crippen LogP contribution in [0.1, 0.15) is 56.4 Å². The second kappa shape index (κ2) is 7.39. The van der Waals surface area contributed by atoms with Gasteiger partial charge in [-0.3, -0.25) is 0 Å². The van der Waals surface area contributed by atoms with Crippen LogP contribution < -0.4 is 4.90 Å². The number of rotatable bonds is 4. The van der Waals surface area contributed by atoms with Crippen molar-refractivity contribution >= 4 is 15.9 Å². The van der Waals surface area contributed by atoms with Crippen LogP contribution in [0.3, 0.4) is 0 Å². The van der Waals surface area contributed by atoms with Crippen molar-refractivity contribution in [1.82, 2.24) is 10.2 Å². The molecule has 7 heteroatoms. The monoisotopic (exact) mass is 375 g/mol. The largest absolute Gasteiger partial charge is 0.394 e. The third-order valence-corrected chi connectivity index (χ3v) is 7.67. The molecule has 26 heavy (non-hydrogen) atoms. The van der Waals surface area contributed by atoms with Crippen molar-refractivity contribution in [1.29, 1.82) is 0 Å². The molecule has 2 aliphatic rings. The minimum absolute atomic E-state index is 0.204. The van der Waals surface area contributed by atoms with Crippen molar-refractivity contribution in [2.45, 2.75) is 61.3 Å². The standard InChI is InChI=1S/C19H25N3O3S/c23-26(24,17-9-5-2-6-10-17)19-21-20-18(25-19)22-13-11-16(12-14-22)15-7-3-1-4-8-15/h1,3-4,7-8,16-17H,2,5-6,9-14H2.